The maximum atomic E-state index is 12.6. The molecule has 1 amide bonds. The van der Waals surface area contributed by atoms with Gasteiger partial charge >= 0.3 is 7.12 Å². The summed E-state index contributed by atoms with van der Waals surface area (Å²) in [6.07, 6.45) is 0.425. The lowest BCUT2D eigenvalue weighted by Gasteiger charge is -2.26. The molecule has 2 aromatic rings. The molecule has 0 aromatic heterocycles. The number of rotatable bonds is 9. The van der Waals surface area contributed by atoms with E-state index in [-0.39, 0.29) is 28.2 Å². The molecule has 0 unspecified atom stereocenters. The SMILES string of the molecule is O=Cc1c(OCC(=O)NCc2ccc(S(=O)(=O)N3CCOCC3)cc2)cccc1B(O)O. The van der Waals surface area contributed by atoms with E-state index >= 15 is 0 Å². The second-order valence-corrected chi connectivity index (χ2v) is 8.91. The fraction of sp³-hybridized carbons (Fsp3) is 0.300. The fourth-order valence-electron chi connectivity index (χ4n) is 3.15. The third kappa shape index (κ3) is 5.72. The number of carbonyl (C=O) groups is 2. The molecule has 170 valence electrons. The van der Waals surface area contributed by atoms with Crippen LogP contribution < -0.4 is 15.5 Å². The van der Waals surface area contributed by atoms with Crippen LogP contribution in [0, 0.1) is 0 Å². The molecular weight excluding hydrogens is 439 g/mol. The number of ether oxygens (including phenoxy) is 2. The summed E-state index contributed by atoms with van der Waals surface area (Å²) in [5, 5.41) is 21.3. The molecule has 3 N–H and O–H groups in total. The van der Waals surface area contributed by atoms with Gasteiger partial charge in [-0.15, -0.1) is 0 Å². The number of benzene rings is 2. The molecule has 1 heterocycles. The Kier molecular flexibility index (Phi) is 7.99. The van der Waals surface area contributed by atoms with Crippen molar-refractivity contribution in [3.8, 4) is 5.75 Å². The Morgan fingerprint density at radius 3 is 2.47 bits per heavy atom. The average molecular weight is 462 g/mol. The molecule has 3 rings (SSSR count). The number of aldehydes is 1. The number of carbonyl (C=O) groups excluding carboxylic acids is 2. The molecule has 0 radical (unpaired) electrons. The highest BCUT2D eigenvalue weighted by Gasteiger charge is 2.26. The van der Waals surface area contributed by atoms with Crippen LogP contribution in [0.5, 0.6) is 5.75 Å². The quantitative estimate of drug-likeness (QED) is 0.315. The summed E-state index contributed by atoms with van der Waals surface area (Å²) in [5.41, 5.74) is 0.621. The predicted octanol–water partition coefficient (Wildman–Crippen LogP) is -1.10. The molecule has 2 aromatic carbocycles. The van der Waals surface area contributed by atoms with Gasteiger partial charge in [0.2, 0.25) is 10.0 Å². The summed E-state index contributed by atoms with van der Waals surface area (Å²) in [7, 11) is -5.43. The third-order valence-corrected chi connectivity index (χ3v) is 6.79. The number of nitrogens with one attached hydrogen (secondary N) is 1. The largest absolute Gasteiger partial charge is 0.489 e. The van der Waals surface area contributed by atoms with Crippen molar-refractivity contribution in [1.82, 2.24) is 9.62 Å². The van der Waals surface area contributed by atoms with Crippen LogP contribution in [0.3, 0.4) is 0 Å². The van der Waals surface area contributed by atoms with Gasteiger partial charge in [-0.2, -0.15) is 4.31 Å². The van der Waals surface area contributed by atoms with Gasteiger partial charge in [0, 0.05) is 19.6 Å². The first-order valence-electron chi connectivity index (χ1n) is 9.83. The lowest BCUT2D eigenvalue weighted by molar-refractivity contribution is -0.123. The highest BCUT2D eigenvalue weighted by molar-refractivity contribution is 7.89. The molecule has 0 atom stereocenters. The highest BCUT2D eigenvalue weighted by atomic mass is 32.2. The Morgan fingerprint density at radius 1 is 1.16 bits per heavy atom. The van der Waals surface area contributed by atoms with Crippen LogP contribution in [-0.4, -0.2) is 75.0 Å². The van der Waals surface area contributed by atoms with Crippen molar-refractivity contribution in [1.29, 1.82) is 0 Å². The lowest BCUT2D eigenvalue weighted by Crippen LogP contribution is -2.40. The minimum absolute atomic E-state index is 0.0231. The van der Waals surface area contributed by atoms with Gasteiger partial charge in [-0.25, -0.2) is 8.42 Å². The summed E-state index contributed by atoms with van der Waals surface area (Å²) in [4.78, 5) is 23.5. The van der Waals surface area contributed by atoms with Gasteiger partial charge in [-0.05, 0) is 29.2 Å². The predicted molar refractivity (Wildman–Crippen MR) is 115 cm³/mol. The molecule has 1 aliphatic heterocycles. The van der Waals surface area contributed by atoms with Crippen LogP contribution in [0.4, 0.5) is 0 Å². The van der Waals surface area contributed by atoms with E-state index in [1.54, 1.807) is 12.1 Å². The number of hydrogen-bond acceptors (Lipinski definition) is 8. The average Bonchev–Trinajstić information content (AvgIpc) is 2.81. The summed E-state index contributed by atoms with van der Waals surface area (Å²) in [6, 6.07) is 10.5. The van der Waals surface area contributed by atoms with Gasteiger partial charge in [0.1, 0.15) is 5.75 Å². The molecule has 1 saturated heterocycles. The molecule has 1 fully saturated rings. The van der Waals surface area contributed by atoms with Crippen molar-refractivity contribution in [3.05, 3.63) is 53.6 Å². The van der Waals surface area contributed by atoms with Crippen molar-refractivity contribution < 1.29 is 37.5 Å². The summed E-state index contributed by atoms with van der Waals surface area (Å²) < 4.78 is 37.2. The van der Waals surface area contributed by atoms with E-state index in [1.165, 1.54) is 34.6 Å². The van der Waals surface area contributed by atoms with Crippen molar-refractivity contribution in [3.63, 3.8) is 0 Å². The van der Waals surface area contributed by atoms with Crippen LogP contribution in [0.2, 0.25) is 0 Å². The fourth-order valence-corrected chi connectivity index (χ4v) is 4.56. The van der Waals surface area contributed by atoms with Crippen LogP contribution in [0.25, 0.3) is 0 Å². The first-order valence-corrected chi connectivity index (χ1v) is 11.3. The van der Waals surface area contributed by atoms with Crippen LogP contribution in [-0.2, 0) is 26.1 Å². The topological polar surface area (TPSA) is 142 Å². The second-order valence-electron chi connectivity index (χ2n) is 6.98. The molecular formula is C20H23BN2O8S. The lowest BCUT2D eigenvalue weighted by atomic mass is 9.77. The minimum Gasteiger partial charge on any atom is -0.483 e. The minimum atomic E-state index is -3.58. The molecule has 0 saturated carbocycles. The Hall–Kier alpha value is -2.77. The number of nitrogens with zero attached hydrogens (tertiary/aromatic N) is 1. The number of morpholine rings is 1. The van der Waals surface area contributed by atoms with Gasteiger partial charge in [0.15, 0.2) is 12.9 Å². The maximum Gasteiger partial charge on any atom is 0.489 e. The van der Waals surface area contributed by atoms with E-state index in [2.05, 4.69) is 5.32 Å². The van der Waals surface area contributed by atoms with Crippen LogP contribution >= 0.6 is 0 Å². The first-order chi connectivity index (χ1) is 15.3. The van der Waals surface area contributed by atoms with Crippen molar-refractivity contribution in [2.45, 2.75) is 11.4 Å². The zero-order valence-electron chi connectivity index (χ0n) is 17.1. The first kappa shape index (κ1) is 23.9. The summed E-state index contributed by atoms with van der Waals surface area (Å²) in [5.74, 6) is -0.416. The molecule has 0 spiro atoms. The van der Waals surface area contributed by atoms with E-state index in [0.29, 0.717) is 38.2 Å². The maximum absolute atomic E-state index is 12.6. The van der Waals surface area contributed by atoms with E-state index in [0.717, 1.165) is 0 Å². The molecule has 32 heavy (non-hydrogen) atoms. The number of sulfonamides is 1. The Morgan fingerprint density at radius 2 is 1.84 bits per heavy atom. The van der Waals surface area contributed by atoms with Gasteiger partial charge in [0.05, 0.1) is 23.7 Å². The highest BCUT2D eigenvalue weighted by Crippen LogP contribution is 2.18. The second kappa shape index (κ2) is 10.7. The van der Waals surface area contributed by atoms with Crippen molar-refractivity contribution in [2.75, 3.05) is 32.9 Å². The van der Waals surface area contributed by atoms with Gasteiger partial charge in [0.25, 0.3) is 5.91 Å². The Balaban J connectivity index is 1.54. The van der Waals surface area contributed by atoms with Gasteiger partial charge in [-0.1, -0.05) is 24.3 Å². The zero-order valence-corrected chi connectivity index (χ0v) is 18.0. The molecule has 0 aliphatic carbocycles. The molecule has 0 bridgehead atoms. The molecule has 1 aliphatic rings. The summed E-state index contributed by atoms with van der Waals surface area (Å²) in [6.45, 7) is 1.11. The van der Waals surface area contributed by atoms with Crippen molar-refractivity contribution in [2.24, 2.45) is 0 Å². The van der Waals surface area contributed by atoms with E-state index in [1.807, 2.05) is 0 Å². The summed E-state index contributed by atoms with van der Waals surface area (Å²) >= 11 is 0. The smallest absolute Gasteiger partial charge is 0.483 e. The third-order valence-electron chi connectivity index (χ3n) is 4.88. The number of hydrogen-bond donors (Lipinski definition) is 3. The van der Waals surface area contributed by atoms with E-state index < -0.39 is 29.7 Å². The van der Waals surface area contributed by atoms with Gasteiger partial charge < -0.3 is 24.8 Å². The standard InChI is InChI=1S/C20H23BN2O8S/c24-13-17-18(21(26)27)2-1-3-19(17)31-14-20(25)22-12-15-4-6-16(7-5-15)32(28,29)23-8-10-30-11-9-23/h1-7,13,26-27H,8-12,14H2,(H,22,25). The van der Waals surface area contributed by atoms with Crippen LogP contribution in [0.15, 0.2) is 47.4 Å². The number of amides is 1. The normalized spacial score (nSPS) is 14.6. The zero-order chi connectivity index (χ0) is 23.1. The van der Waals surface area contributed by atoms with E-state index in [9.17, 15) is 28.1 Å². The molecule has 12 heteroatoms. The van der Waals surface area contributed by atoms with E-state index in [4.69, 9.17) is 9.47 Å². The Bertz CT molecular complexity index is 1050. The van der Waals surface area contributed by atoms with Crippen molar-refractivity contribution >= 4 is 34.8 Å². The van der Waals surface area contributed by atoms with Gasteiger partial charge in [-0.3, -0.25) is 9.59 Å². The van der Waals surface area contributed by atoms with Crippen LogP contribution in [0.1, 0.15) is 15.9 Å². The molecule has 10 nitrogen and oxygen atoms in total. The monoisotopic (exact) mass is 462 g/mol. The Labute approximate surface area is 186 Å².